The van der Waals surface area contributed by atoms with E-state index in [4.69, 9.17) is 16.3 Å². The smallest absolute Gasteiger partial charge is 0.251 e. The number of hydrogen-bond acceptors (Lipinski definition) is 4. The van der Waals surface area contributed by atoms with Crippen LogP contribution >= 0.6 is 11.6 Å². The first-order chi connectivity index (χ1) is 14.9. The van der Waals surface area contributed by atoms with Gasteiger partial charge in [0, 0.05) is 38.3 Å². The van der Waals surface area contributed by atoms with Gasteiger partial charge in [0.05, 0.1) is 5.02 Å². The molecule has 3 rings (SSSR count). The van der Waals surface area contributed by atoms with Crippen molar-refractivity contribution in [1.82, 2.24) is 15.1 Å². The third-order valence-electron chi connectivity index (χ3n) is 5.77. The Morgan fingerprint density at radius 3 is 2.55 bits per heavy atom. The van der Waals surface area contributed by atoms with Crippen LogP contribution < -0.4 is 10.1 Å². The summed E-state index contributed by atoms with van der Waals surface area (Å²) >= 11 is 6.42. The van der Waals surface area contributed by atoms with Gasteiger partial charge in [-0.25, -0.2) is 0 Å². The van der Waals surface area contributed by atoms with Gasteiger partial charge in [-0.3, -0.25) is 4.79 Å². The molecule has 0 saturated carbocycles. The van der Waals surface area contributed by atoms with Crippen LogP contribution in [-0.4, -0.2) is 68.6 Å². The molecule has 1 fully saturated rings. The standard InChI is InChI=1S/C25H34ClN3O2/c1-19(20-7-5-4-6-8-20)18-29-14-11-22(12-15-29)31-24-10-9-21(17-23(24)26)25(30)27-13-16-28(2)3/h4-10,17,19,22H,11-16,18H2,1-3H3,(H,27,30). The molecule has 1 atom stereocenters. The van der Waals surface area contributed by atoms with Gasteiger partial charge in [-0.2, -0.15) is 0 Å². The van der Waals surface area contributed by atoms with Gasteiger partial charge in [-0.1, -0.05) is 48.9 Å². The molecule has 1 saturated heterocycles. The fourth-order valence-corrected chi connectivity index (χ4v) is 4.12. The first-order valence-corrected chi connectivity index (χ1v) is 11.5. The Kier molecular flexibility index (Phi) is 8.76. The molecule has 5 nitrogen and oxygen atoms in total. The van der Waals surface area contributed by atoms with Crippen LogP contribution in [0, 0.1) is 0 Å². The minimum absolute atomic E-state index is 0.115. The van der Waals surface area contributed by atoms with Gasteiger partial charge in [0.2, 0.25) is 0 Å². The van der Waals surface area contributed by atoms with Crippen LogP contribution in [0.2, 0.25) is 5.02 Å². The van der Waals surface area contributed by atoms with Crippen molar-refractivity contribution in [3.05, 3.63) is 64.7 Å². The third-order valence-corrected chi connectivity index (χ3v) is 6.06. The van der Waals surface area contributed by atoms with Crippen molar-refractivity contribution in [2.75, 3.05) is 46.8 Å². The van der Waals surface area contributed by atoms with E-state index in [0.29, 0.717) is 28.8 Å². The number of halogens is 1. The van der Waals surface area contributed by atoms with Crippen LogP contribution in [0.4, 0.5) is 0 Å². The molecule has 0 spiro atoms. The number of likely N-dealkylation sites (tertiary alicyclic amines) is 1. The zero-order valence-corrected chi connectivity index (χ0v) is 19.6. The summed E-state index contributed by atoms with van der Waals surface area (Å²) in [6, 6.07) is 16.0. The molecule has 0 aromatic heterocycles. The third kappa shape index (κ3) is 7.23. The molecular formula is C25H34ClN3O2. The number of ether oxygens (including phenoxy) is 1. The summed E-state index contributed by atoms with van der Waals surface area (Å²) in [5, 5.41) is 3.39. The molecule has 0 radical (unpaired) electrons. The largest absolute Gasteiger partial charge is 0.489 e. The lowest BCUT2D eigenvalue weighted by molar-refractivity contribution is 0.0949. The normalized spacial score (nSPS) is 16.3. The van der Waals surface area contributed by atoms with Crippen LogP contribution in [0.25, 0.3) is 0 Å². The number of piperidine rings is 1. The number of nitrogens with zero attached hydrogens (tertiary/aromatic N) is 2. The zero-order chi connectivity index (χ0) is 22.2. The number of carbonyl (C=O) groups excluding carboxylic acids is 1. The van der Waals surface area contributed by atoms with Gasteiger partial charge in [0.25, 0.3) is 5.91 Å². The van der Waals surface area contributed by atoms with Crippen LogP contribution in [0.3, 0.4) is 0 Å². The van der Waals surface area contributed by atoms with Crippen molar-refractivity contribution in [3.8, 4) is 5.75 Å². The fraction of sp³-hybridized carbons (Fsp3) is 0.480. The molecule has 168 valence electrons. The number of amides is 1. The van der Waals surface area contributed by atoms with Crippen LogP contribution in [0.15, 0.2) is 48.5 Å². The highest BCUT2D eigenvalue weighted by Crippen LogP contribution is 2.29. The van der Waals surface area contributed by atoms with E-state index in [0.717, 1.165) is 39.0 Å². The van der Waals surface area contributed by atoms with Crippen molar-refractivity contribution in [2.45, 2.75) is 31.8 Å². The lowest BCUT2D eigenvalue weighted by atomic mass is 9.99. The lowest BCUT2D eigenvalue weighted by Crippen LogP contribution is -2.40. The minimum atomic E-state index is -0.115. The maximum atomic E-state index is 12.3. The topological polar surface area (TPSA) is 44.8 Å². The number of carbonyl (C=O) groups is 1. The summed E-state index contributed by atoms with van der Waals surface area (Å²) in [4.78, 5) is 16.8. The number of nitrogens with one attached hydrogen (secondary N) is 1. The van der Waals surface area contributed by atoms with E-state index in [1.807, 2.05) is 25.1 Å². The SMILES string of the molecule is CC(CN1CCC(Oc2ccc(C(=O)NCCN(C)C)cc2Cl)CC1)c1ccccc1. The second kappa shape index (κ2) is 11.5. The Balaban J connectivity index is 1.46. The maximum absolute atomic E-state index is 12.3. The molecule has 0 aliphatic carbocycles. The highest BCUT2D eigenvalue weighted by Gasteiger charge is 2.23. The summed E-state index contributed by atoms with van der Waals surface area (Å²) in [5.74, 6) is 1.06. The van der Waals surface area contributed by atoms with Crippen molar-refractivity contribution in [3.63, 3.8) is 0 Å². The average molecular weight is 444 g/mol. The quantitative estimate of drug-likeness (QED) is 0.628. The predicted molar refractivity (Wildman–Crippen MR) is 127 cm³/mol. The molecule has 1 amide bonds. The average Bonchev–Trinajstić information content (AvgIpc) is 2.76. The Hall–Kier alpha value is -2.08. The van der Waals surface area contributed by atoms with E-state index in [9.17, 15) is 4.79 Å². The molecule has 1 N–H and O–H groups in total. The minimum Gasteiger partial charge on any atom is -0.489 e. The first-order valence-electron chi connectivity index (χ1n) is 11.1. The first kappa shape index (κ1) is 23.6. The van der Waals surface area contributed by atoms with Crippen molar-refractivity contribution in [1.29, 1.82) is 0 Å². The van der Waals surface area contributed by atoms with E-state index in [1.54, 1.807) is 12.1 Å². The molecule has 2 aromatic carbocycles. The molecule has 6 heteroatoms. The number of benzene rings is 2. The van der Waals surface area contributed by atoms with Gasteiger partial charge in [0.1, 0.15) is 11.9 Å². The van der Waals surface area contributed by atoms with E-state index in [1.165, 1.54) is 5.56 Å². The molecule has 0 bridgehead atoms. The predicted octanol–water partition coefficient (Wildman–Crippen LogP) is 4.28. The summed E-state index contributed by atoms with van der Waals surface area (Å²) in [7, 11) is 3.95. The van der Waals surface area contributed by atoms with E-state index < -0.39 is 0 Å². The number of likely N-dealkylation sites (N-methyl/N-ethyl adjacent to an activating group) is 1. The monoisotopic (exact) mass is 443 g/mol. The van der Waals surface area contributed by atoms with Crippen molar-refractivity contribution >= 4 is 17.5 Å². The Morgan fingerprint density at radius 1 is 1.19 bits per heavy atom. The van der Waals surface area contributed by atoms with Crippen LogP contribution in [0.1, 0.15) is 41.6 Å². The van der Waals surface area contributed by atoms with Gasteiger partial charge < -0.3 is 19.9 Å². The summed E-state index contributed by atoms with van der Waals surface area (Å²) in [6.45, 7) is 6.79. The van der Waals surface area contributed by atoms with E-state index in [-0.39, 0.29) is 12.0 Å². The van der Waals surface area contributed by atoms with Crippen molar-refractivity contribution in [2.24, 2.45) is 0 Å². The molecule has 1 unspecified atom stereocenters. The van der Waals surface area contributed by atoms with E-state index in [2.05, 4.69) is 47.5 Å². The molecule has 1 aliphatic heterocycles. The van der Waals surface area contributed by atoms with Gasteiger partial charge >= 0.3 is 0 Å². The van der Waals surface area contributed by atoms with Gasteiger partial charge in [-0.15, -0.1) is 0 Å². The molecule has 1 aliphatic rings. The maximum Gasteiger partial charge on any atom is 0.251 e. The second-order valence-corrected chi connectivity index (χ2v) is 9.04. The van der Waals surface area contributed by atoms with Gasteiger partial charge in [0.15, 0.2) is 0 Å². The Bertz CT molecular complexity index is 836. The summed E-state index contributed by atoms with van der Waals surface area (Å²) < 4.78 is 6.17. The van der Waals surface area contributed by atoms with Crippen molar-refractivity contribution < 1.29 is 9.53 Å². The highest BCUT2D eigenvalue weighted by molar-refractivity contribution is 6.32. The Morgan fingerprint density at radius 2 is 1.90 bits per heavy atom. The van der Waals surface area contributed by atoms with E-state index >= 15 is 0 Å². The Labute approximate surface area is 191 Å². The highest BCUT2D eigenvalue weighted by atomic mass is 35.5. The van der Waals surface area contributed by atoms with Gasteiger partial charge in [-0.05, 0) is 56.6 Å². The summed E-state index contributed by atoms with van der Waals surface area (Å²) in [6.07, 6.45) is 2.11. The summed E-state index contributed by atoms with van der Waals surface area (Å²) in [5.41, 5.74) is 1.94. The molecule has 1 heterocycles. The van der Waals surface area contributed by atoms with Crippen LogP contribution in [-0.2, 0) is 0 Å². The molecule has 2 aromatic rings. The lowest BCUT2D eigenvalue weighted by Gasteiger charge is -2.34. The molecular weight excluding hydrogens is 410 g/mol. The zero-order valence-electron chi connectivity index (χ0n) is 18.8. The number of hydrogen-bond donors (Lipinski definition) is 1. The molecule has 31 heavy (non-hydrogen) atoms. The second-order valence-electron chi connectivity index (χ2n) is 8.63. The fourth-order valence-electron chi connectivity index (χ4n) is 3.90. The van der Waals surface area contributed by atoms with Crippen LogP contribution in [0.5, 0.6) is 5.75 Å². The number of rotatable bonds is 9.